The average molecular weight is 302 g/mol. The number of nitrogens with one attached hydrogen (secondary N) is 2. The molecule has 106 valence electrons. The van der Waals surface area contributed by atoms with Gasteiger partial charge in [0.1, 0.15) is 18.4 Å². The summed E-state index contributed by atoms with van der Waals surface area (Å²) < 4.78 is 29.1. The van der Waals surface area contributed by atoms with Gasteiger partial charge in [-0.15, -0.1) is 0 Å². The number of amidine groups is 1. The zero-order valence-electron chi connectivity index (χ0n) is 10.0. The van der Waals surface area contributed by atoms with Crippen molar-refractivity contribution in [2.75, 3.05) is 12.0 Å². The quantitative estimate of drug-likeness (QED) is 0.425. The highest BCUT2D eigenvalue weighted by molar-refractivity contribution is 6.45. The molecule has 0 heterocycles. The number of alkyl halides is 2. The summed E-state index contributed by atoms with van der Waals surface area (Å²) in [5.41, 5.74) is 7.33. The molecule has 0 saturated carbocycles. The van der Waals surface area contributed by atoms with E-state index in [2.05, 4.69) is 10.5 Å². The van der Waals surface area contributed by atoms with Crippen molar-refractivity contribution in [3.63, 3.8) is 0 Å². The van der Waals surface area contributed by atoms with Gasteiger partial charge in [0.25, 0.3) is 6.43 Å². The third-order valence-corrected chi connectivity index (χ3v) is 2.19. The minimum absolute atomic E-state index is 0.0827. The first-order valence-corrected chi connectivity index (χ1v) is 5.60. The highest BCUT2D eigenvalue weighted by Gasteiger charge is 2.09. The minimum Gasteiger partial charge on any atom is -0.485 e. The van der Waals surface area contributed by atoms with E-state index in [1.807, 2.05) is 0 Å². The van der Waals surface area contributed by atoms with Gasteiger partial charge in [0.2, 0.25) is 5.71 Å². The number of benzene rings is 1. The standard InChI is InChI=1S/C11H10ClF2N5O/c12-6-1-2-9(20-5-10(13)14)7(3-6)18-19-8(4-15)11(16)17/h1-3,10,18H,5H2,(H3,16,17)/b19-8+. The predicted molar refractivity (Wildman–Crippen MR) is 71.5 cm³/mol. The number of nitrogens with zero attached hydrogens (tertiary/aromatic N) is 2. The van der Waals surface area contributed by atoms with Crippen LogP contribution in [0, 0.1) is 16.7 Å². The van der Waals surface area contributed by atoms with Gasteiger partial charge in [-0.25, -0.2) is 8.78 Å². The van der Waals surface area contributed by atoms with Crippen LogP contribution < -0.4 is 15.9 Å². The monoisotopic (exact) mass is 301 g/mol. The lowest BCUT2D eigenvalue weighted by molar-refractivity contribution is 0.0822. The number of nitriles is 1. The Labute approximate surface area is 118 Å². The molecule has 9 heteroatoms. The molecule has 0 atom stereocenters. The van der Waals surface area contributed by atoms with E-state index in [-0.39, 0.29) is 17.1 Å². The molecule has 0 unspecified atom stereocenters. The Hall–Kier alpha value is -2.40. The van der Waals surface area contributed by atoms with Crippen molar-refractivity contribution in [1.82, 2.24) is 0 Å². The number of hydrogen-bond acceptors (Lipinski definition) is 5. The van der Waals surface area contributed by atoms with Crippen molar-refractivity contribution in [3.8, 4) is 11.8 Å². The fraction of sp³-hybridized carbons (Fsp3) is 0.182. The molecule has 0 bridgehead atoms. The van der Waals surface area contributed by atoms with E-state index < -0.39 is 18.9 Å². The maximum atomic E-state index is 12.1. The van der Waals surface area contributed by atoms with Crippen LogP contribution in [-0.2, 0) is 0 Å². The van der Waals surface area contributed by atoms with Gasteiger partial charge < -0.3 is 10.5 Å². The van der Waals surface area contributed by atoms with Crippen molar-refractivity contribution in [2.45, 2.75) is 6.43 Å². The summed E-state index contributed by atoms with van der Waals surface area (Å²) in [5.74, 6) is -0.448. The topological polar surface area (TPSA) is 107 Å². The van der Waals surface area contributed by atoms with Crippen LogP contribution in [0.5, 0.6) is 5.75 Å². The van der Waals surface area contributed by atoms with Gasteiger partial charge in [-0.3, -0.25) is 10.8 Å². The SMILES string of the molecule is N#C/C(=N\Nc1cc(Cl)ccc1OCC(F)F)C(=N)N. The third kappa shape index (κ3) is 4.70. The zero-order valence-corrected chi connectivity index (χ0v) is 10.8. The summed E-state index contributed by atoms with van der Waals surface area (Å²) in [5, 5.41) is 19.6. The number of rotatable bonds is 6. The van der Waals surface area contributed by atoms with Crippen LogP contribution in [0.2, 0.25) is 5.02 Å². The molecule has 0 aliphatic rings. The Bertz CT molecular complexity index is 570. The fourth-order valence-corrected chi connectivity index (χ4v) is 1.30. The van der Waals surface area contributed by atoms with Crippen LogP contribution in [0.15, 0.2) is 23.3 Å². The molecule has 0 saturated heterocycles. The normalized spacial score (nSPS) is 11.1. The molecular weight excluding hydrogens is 292 g/mol. The first-order chi connectivity index (χ1) is 9.43. The molecule has 0 aliphatic heterocycles. The number of ether oxygens (including phenoxy) is 1. The first kappa shape index (κ1) is 15.7. The molecule has 1 aromatic carbocycles. The second-order valence-electron chi connectivity index (χ2n) is 3.44. The highest BCUT2D eigenvalue weighted by atomic mass is 35.5. The number of halogens is 3. The van der Waals surface area contributed by atoms with E-state index in [9.17, 15) is 8.78 Å². The van der Waals surface area contributed by atoms with Gasteiger partial charge in [0, 0.05) is 5.02 Å². The van der Waals surface area contributed by atoms with E-state index in [1.54, 1.807) is 6.07 Å². The van der Waals surface area contributed by atoms with E-state index in [1.165, 1.54) is 18.2 Å². The Morgan fingerprint density at radius 1 is 1.60 bits per heavy atom. The van der Waals surface area contributed by atoms with Gasteiger partial charge in [-0.1, -0.05) is 11.6 Å². The largest absolute Gasteiger partial charge is 0.485 e. The van der Waals surface area contributed by atoms with Crippen LogP contribution in [0.4, 0.5) is 14.5 Å². The van der Waals surface area contributed by atoms with E-state index in [4.69, 9.17) is 32.7 Å². The third-order valence-electron chi connectivity index (χ3n) is 1.96. The predicted octanol–water partition coefficient (Wildman–Crippen LogP) is 2.21. The summed E-state index contributed by atoms with van der Waals surface area (Å²) in [6, 6.07) is 5.81. The molecule has 0 spiro atoms. The Kier molecular flexibility index (Phi) is 5.68. The van der Waals surface area contributed by atoms with Gasteiger partial charge in [-0.05, 0) is 18.2 Å². The molecular formula is C11H10ClF2N5O. The molecule has 1 aromatic rings. The second kappa shape index (κ2) is 7.25. The van der Waals surface area contributed by atoms with Crippen LogP contribution in [-0.4, -0.2) is 24.6 Å². The molecule has 4 N–H and O–H groups in total. The van der Waals surface area contributed by atoms with Crippen LogP contribution >= 0.6 is 11.6 Å². The lowest BCUT2D eigenvalue weighted by Gasteiger charge is -2.11. The molecule has 0 amide bonds. The van der Waals surface area contributed by atoms with Crippen LogP contribution in [0.25, 0.3) is 0 Å². The molecule has 20 heavy (non-hydrogen) atoms. The summed E-state index contributed by atoms with van der Waals surface area (Å²) in [4.78, 5) is 0. The maximum Gasteiger partial charge on any atom is 0.272 e. The summed E-state index contributed by atoms with van der Waals surface area (Å²) in [6.45, 7) is -0.794. The molecule has 6 nitrogen and oxygen atoms in total. The maximum absolute atomic E-state index is 12.1. The lowest BCUT2D eigenvalue weighted by Crippen LogP contribution is -2.22. The summed E-state index contributed by atoms with van der Waals surface area (Å²) >= 11 is 5.77. The smallest absolute Gasteiger partial charge is 0.272 e. The van der Waals surface area contributed by atoms with Gasteiger partial charge in [0.05, 0.1) is 5.69 Å². The Morgan fingerprint density at radius 3 is 2.85 bits per heavy atom. The molecule has 0 fully saturated rings. The van der Waals surface area contributed by atoms with Crippen LogP contribution in [0.3, 0.4) is 0 Å². The number of hydrogen-bond donors (Lipinski definition) is 3. The Morgan fingerprint density at radius 2 is 2.30 bits per heavy atom. The highest BCUT2D eigenvalue weighted by Crippen LogP contribution is 2.28. The van der Waals surface area contributed by atoms with E-state index >= 15 is 0 Å². The lowest BCUT2D eigenvalue weighted by atomic mass is 10.3. The number of hydrazone groups is 1. The molecule has 0 aromatic heterocycles. The zero-order chi connectivity index (χ0) is 15.1. The number of nitrogens with two attached hydrogens (primary N) is 1. The van der Waals surface area contributed by atoms with Crippen LogP contribution in [0.1, 0.15) is 0 Å². The second-order valence-corrected chi connectivity index (χ2v) is 3.88. The summed E-state index contributed by atoms with van der Waals surface area (Å²) in [7, 11) is 0. The van der Waals surface area contributed by atoms with Crippen molar-refractivity contribution in [1.29, 1.82) is 10.7 Å². The van der Waals surface area contributed by atoms with Gasteiger partial charge in [-0.2, -0.15) is 10.4 Å². The van der Waals surface area contributed by atoms with Crippen molar-refractivity contribution in [2.24, 2.45) is 10.8 Å². The first-order valence-electron chi connectivity index (χ1n) is 5.22. The molecule has 0 aliphatic carbocycles. The van der Waals surface area contributed by atoms with Crippen molar-refractivity contribution >= 4 is 28.8 Å². The van der Waals surface area contributed by atoms with Crippen molar-refractivity contribution < 1.29 is 13.5 Å². The molecule has 1 rings (SSSR count). The summed E-state index contributed by atoms with van der Waals surface area (Å²) in [6.07, 6.45) is -2.63. The fourth-order valence-electron chi connectivity index (χ4n) is 1.13. The average Bonchev–Trinajstić information content (AvgIpc) is 2.37. The number of anilines is 1. The Balaban J connectivity index is 2.95. The van der Waals surface area contributed by atoms with E-state index in [0.29, 0.717) is 5.02 Å². The van der Waals surface area contributed by atoms with Gasteiger partial charge >= 0.3 is 0 Å². The molecule has 0 radical (unpaired) electrons. The van der Waals surface area contributed by atoms with Crippen molar-refractivity contribution in [3.05, 3.63) is 23.2 Å². The minimum atomic E-state index is -2.63. The van der Waals surface area contributed by atoms with Gasteiger partial charge in [0.15, 0.2) is 5.84 Å². The van der Waals surface area contributed by atoms with E-state index in [0.717, 1.165) is 0 Å².